The smallest absolute Gasteiger partial charge is 0.339 e. The molecule has 2 aromatic rings. The highest BCUT2D eigenvalue weighted by Gasteiger charge is 2.32. The summed E-state index contributed by atoms with van der Waals surface area (Å²) in [5.41, 5.74) is 1.44. The molecular weight excluding hydrogens is 420 g/mol. The Labute approximate surface area is 182 Å². The third-order valence-electron chi connectivity index (χ3n) is 5.00. The van der Waals surface area contributed by atoms with E-state index < -0.39 is 28.0 Å². The van der Waals surface area contributed by atoms with E-state index in [0.29, 0.717) is 36.5 Å². The molecule has 1 aliphatic heterocycles. The first-order valence-electron chi connectivity index (χ1n) is 10.2. The van der Waals surface area contributed by atoms with Crippen molar-refractivity contribution in [3.63, 3.8) is 0 Å². The first-order valence-corrected chi connectivity index (χ1v) is 11.6. The maximum absolute atomic E-state index is 13.1. The lowest BCUT2D eigenvalue weighted by atomic mass is 10.0. The fraction of sp³-hybridized carbons (Fsp3) is 0.364. The molecule has 31 heavy (non-hydrogen) atoms. The van der Waals surface area contributed by atoms with E-state index in [0.717, 1.165) is 0 Å². The third-order valence-corrected chi connectivity index (χ3v) is 7.07. The van der Waals surface area contributed by atoms with Gasteiger partial charge in [0.1, 0.15) is 16.7 Å². The van der Waals surface area contributed by atoms with Crippen LogP contribution >= 0.6 is 0 Å². The summed E-state index contributed by atoms with van der Waals surface area (Å²) in [6, 6.07) is 11.4. The van der Waals surface area contributed by atoms with Crippen LogP contribution in [0.2, 0.25) is 0 Å². The Kier molecular flexibility index (Phi) is 6.97. The molecule has 1 aliphatic rings. The molecule has 0 bridgehead atoms. The highest BCUT2D eigenvalue weighted by Crippen LogP contribution is 2.34. The molecule has 0 radical (unpaired) electrons. The molecular formula is C22H26N2O6S. The zero-order valence-electron chi connectivity index (χ0n) is 17.8. The Bertz CT molecular complexity index is 1080. The predicted molar refractivity (Wildman–Crippen MR) is 116 cm³/mol. The standard InChI is InChI=1S/C22H26N2O6S/c1-4-24(5-2)31(27,28)20-13-15(11-12-18(20)29-6-3)23-21(25)14-19-16-9-7-8-10-17(16)22(26)30-19/h7-13,19H,4-6,14H2,1-3H3,(H,23,25)/t19-/m0/s1. The number of nitrogens with one attached hydrogen (secondary N) is 1. The maximum Gasteiger partial charge on any atom is 0.339 e. The molecule has 1 amide bonds. The molecule has 8 nitrogen and oxygen atoms in total. The summed E-state index contributed by atoms with van der Waals surface area (Å²) in [4.78, 5) is 24.6. The molecule has 0 saturated carbocycles. The average molecular weight is 447 g/mol. The second-order valence-corrected chi connectivity index (χ2v) is 8.82. The molecule has 1 heterocycles. The van der Waals surface area contributed by atoms with E-state index in [-0.39, 0.29) is 17.1 Å². The van der Waals surface area contributed by atoms with Gasteiger partial charge in [0.2, 0.25) is 15.9 Å². The van der Waals surface area contributed by atoms with Crippen molar-refractivity contribution in [2.24, 2.45) is 0 Å². The molecule has 0 fully saturated rings. The van der Waals surface area contributed by atoms with E-state index in [1.807, 2.05) is 0 Å². The molecule has 0 aromatic heterocycles. The number of carbonyl (C=O) groups is 2. The van der Waals surface area contributed by atoms with Gasteiger partial charge in [-0.1, -0.05) is 32.0 Å². The Morgan fingerprint density at radius 1 is 1.13 bits per heavy atom. The lowest BCUT2D eigenvalue weighted by Crippen LogP contribution is -2.31. The van der Waals surface area contributed by atoms with Crippen molar-refractivity contribution in [3.8, 4) is 5.75 Å². The highest BCUT2D eigenvalue weighted by atomic mass is 32.2. The predicted octanol–water partition coefficient (Wildman–Crippen LogP) is 3.36. The fourth-order valence-electron chi connectivity index (χ4n) is 3.52. The molecule has 9 heteroatoms. The first-order chi connectivity index (χ1) is 14.8. The molecule has 0 spiro atoms. The van der Waals surface area contributed by atoms with E-state index in [4.69, 9.17) is 9.47 Å². The number of sulfonamides is 1. The number of hydrogen-bond acceptors (Lipinski definition) is 6. The van der Waals surface area contributed by atoms with Gasteiger partial charge >= 0.3 is 5.97 Å². The van der Waals surface area contributed by atoms with Crippen molar-refractivity contribution in [2.75, 3.05) is 25.0 Å². The van der Waals surface area contributed by atoms with Crippen LogP contribution in [0.3, 0.4) is 0 Å². The minimum atomic E-state index is -3.79. The Morgan fingerprint density at radius 2 is 1.84 bits per heavy atom. The summed E-state index contributed by atoms with van der Waals surface area (Å²) < 4.78 is 38.2. The maximum atomic E-state index is 13.1. The highest BCUT2D eigenvalue weighted by molar-refractivity contribution is 7.89. The van der Waals surface area contributed by atoms with Crippen molar-refractivity contribution >= 4 is 27.6 Å². The van der Waals surface area contributed by atoms with E-state index in [1.165, 1.54) is 16.4 Å². The summed E-state index contributed by atoms with van der Waals surface area (Å²) in [6.45, 7) is 6.21. The number of carbonyl (C=O) groups excluding carboxylic acids is 2. The molecule has 166 valence electrons. The molecule has 0 unspecified atom stereocenters. The number of esters is 1. The van der Waals surface area contributed by atoms with Crippen molar-refractivity contribution < 1.29 is 27.5 Å². The van der Waals surface area contributed by atoms with Gasteiger partial charge in [0.15, 0.2) is 0 Å². The van der Waals surface area contributed by atoms with Gasteiger partial charge in [-0.15, -0.1) is 0 Å². The van der Waals surface area contributed by atoms with Crippen LogP contribution in [0.25, 0.3) is 0 Å². The van der Waals surface area contributed by atoms with Gasteiger partial charge in [0, 0.05) is 24.3 Å². The zero-order valence-corrected chi connectivity index (χ0v) is 18.6. The van der Waals surface area contributed by atoms with Crippen molar-refractivity contribution in [3.05, 3.63) is 53.6 Å². The molecule has 1 atom stereocenters. The van der Waals surface area contributed by atoms with Crippen LogP contribution in [-0.2, 0) is 19.6 Å². The minimum Gasteiger partial charge on any atom is -0.492 e. The first kappa shape index (κ1) is 22.8. The van der Waals surface area contributed by atoms with Gasteiger partial charge in [0.05, 0.1) is 18.6 Å². The quantitative estimate of drug-likeness (QED) is 0.593. The van der Waals surface area contributed by atoms with Gasteiger partial charge in [-0.2, -0.15) is 4.31 Å². The minimum absolute atomic E-state index is 0.00603. The number of hydrogen-bond donors (Lipinski definition) is 1. The average Bonchev–Trinajstić information content (AvgIpc) is 3.05. The van der Waals surface area contributed by atoms with Crippen LogP contribution in [0.1, 0.15) is 49.2 Å². The summed E-state index contributed by atoms with van der Waals surface area (Å²) in [7, 11) is -3.79. The van der Waals surface area contributed by atoms with Gasteiger partial charge in [-0.25, -0.2) is 13.2 Å². The number of amides is 1. The Morgan fingerprint density at radius 3 is 2.52 bits per heavy atom. The van der Waals surface area contributed by atoms with Gasteiger partial charge in [0.25, 0.3) is 0 Å². The third kappa shape index (κ3) is 4.72. The summed E-state index contributed by atoms with van der Waals surface area (Å²) in [5, 5.41) is 2.70. The number of cyclic esters (lactones) is 1. The van der Waals surface area contributed by atoms with Gasteiger partial charge in [-0.3, -0.25) is 4.79 Å². The number of benzene rings is 2. The Balaban J connectivity index is 1.82. The topological polar surface area (TPSA) is 102 Å². The van der Waals surface area contributed by atoms with Crippen LogP contribution in [0.4, 0.5) is 5.69 Å². The number of ether oxygens (including phenoxy) is 2. The molecule has 3 rings (SSSR count). The van der Waals surface area contributed by atoms with Crippen LogP contribution in [0.5, 0.6) is 5.75 Å². The second-order valence-electron chi connectivity index (χ2n) is 6.92. The summed E-state index contributed by atoms with van der Waals surface area (Å²) in [5.74, 6) is -0.627. The van der Waals surface area contributed by atoms with E-state index in [9.17, 15) is 18.0 Å². The Hall–Kier alpha value is -2.91. The summed E-state index contributed by atoms with van der Waals surface area (Å²) in [6.07, 6.45) is -0.751. The van der Waals surface area contributed by atoms with Crippen molar-refractivity contribution in [2.45, 2.75) is 38.2 Å². The van der Waals surface area contributed by atoms with Crippen LogP contribution < -0.4 is 10.1 Å². The van der Waals surface area contributed by atoms with E-state index in [2.05, 4.69) is 5.32 Å². The van der Waals surface area contributed by atoms with Crippen LogP contribution in [-0.4, -0.2) is 44.3 Å². The molecule has 1 N–H and O–H groups in total. The lowest BCUT2D eigenvalue weighted by Gasteiger charge is -2.21. The van der Waals surface area contributed by atoms with Crippen molar-refractivity contribution in [1.29, 1.82) is 0 Å². The number of nitrogens with zero attached hydrogens (tertiary/aromatic N) is 1. The fourth-order valence-corrected chi connectivity index (χ4v) is 5.13. The SMILES string of the molecule is CCOc1ccc(NC(=O)C[C@@H]2OC(=O)c3ccccc32)cc1S(=O)(=O)N(CC)CC. The van der Waals surface area contributed by atoms with Gasteiger partial charge in [-0.05, 0) is 31.2 Å². The number of anilines is 1. The van der Waals surface area contributed by atoms with Crippen molar-refractivity contribution in [1.82, 2.24) is 4.31 Å². The lowest BCUT2D eigenvalue weighted by molar-refractivity contribution is -0.118. The molecule has 2 aromatic carbocycles. The largest absolute Gasteiger partial charge is 0.492 e. The monoisotopic (exact) mass is 446 g/mol. The normalized spacial score (nSPS) is 15.5. The van der Waals surface area contributed by atoms with Gasteiger partial charge < -0.3 is 14.8 Å². The van der Waals surface area contributed by atoms with Crippen LogP contribution in [0.15, 0.2) is 47.4 Å². The zero-order chi connectivity index (χ0) is 22.6. The number of rotatable bonds is 9. The second kappa shape index (κ2) is 9.49. The summed E-state index contributed by atoms with van der Waals surface area (Å²) >= 11 is 0. The number of fused-ring (bicyclic) bond motifs is 1. The van der Waals surface area contributed by atoms with E-state index >= 15 is 0 Å². The van der Waals surface area contributed by atoms with Crippen LogP contribution in [0, 0.1) is 0 Å². The van der Waals surface area contributed by atoms with E-state index in [1.54, 1.807) is 51.1 Å². The molecule has 0 aliphatic carbocycles. The molecule has 0 saturated heterocycles.